The summed E-state index contributed by atoms with van der Waals surface area (Å²) in [6.45, 7) is 4.92. The minimum Gasteiger partial charge on any atom is -0.399 e. The molecule has 0 aliphatic heterocycles. The summed E-state index contributed by atoms with van der Waals surface area (Å²) >= 11 is 0. The van der Waals surface area contributed by atoms with Gasteiger partial charge in [-0.1, -0.05) is 6.08 Å². The molecule has 0 saturated carbocycles. The van der Waals surface area contributed by atoms with E-state index < -0.39 is 0 Å². The van der Waals surface area contributed by atoms with E-state index in [0.29, 0.717) is 18.8 Å². The van der Waals surface area contributed by atoms with Crippen LogP contribution in [0.15, 0.2) is 31.0 Å². The normalized spacial score (nSPS) is 9.79. The van der Waals surface area contributed by atoms with Gasteiger partial charge in [0.05, 0.1) is 6.61 Å². The molecule has 0 atom stereocenters. The van der Waals surface area contributed by atoms with Crippen molar-refractivity contribution in [2.24, 2.45) is 0 Å². The lowest BCUT2D eigenvalue weighted by atomic mass is 10.3. The summed E-state index contributed by atoms with van der Waals surface area (Å²) in [6, 6.07) is 3.51. The number of rotatable bonds is 5. The van der Waals surface area contributed by atoms with Gasteiger partial charge in [-0.05, 0) is 6.07 Å². The molecule has 0 amide bonds. The van der Waals surface area contributed by atoms with Gasteiger partial charge in [-0.15, -0.1) is 6.58 Å². The summed E-state index contributed by atoms with van der Waals surface area (Å²) in [5.74, 6) is 0.763. The Kier molecular flexibility index (Phi) is 3.94. The zero-order valence-electron chi connectivity index (χ0n) is 8.06. The van der Waals surface area contributed by atoms with Gasteiger partial charge in [0.1, 0.15) is 5.82 Å². The van der Waals surface area contributed by atoms with Gasteiger partial charge in [0.2, 0.25) is 0 Å². The topological polar surface area (TPSA) is 62.4 Å². The van der Waals surface area contributed by atoms with Crippen LogP contribution >= 0.6 is 0 Å². The van der Waals surface area contributed by atoms with Gasteiger partial charge in [0.15, 0.2) is 0 Å². The molecule has 4 heteroatoms. The Labute approximate surface area is 83.7 Å². The molecule has 1 aromatic heterocycles. The monoisotopic (exact) mass is 193 g/mol. The molecule has 0 fully saturated rings. The fourth-order valence-electron chi connectivity index (χ4n) is 1.18. The highest BCUT2D eigenvalue weighted by Crippen LogP contribution is 2.13. The second kappa shape index (κ2) is 5.24. The van der Waals surface area contributed by atoms with Gasteiger partial charge >= 0.3 is 0 Å². The maximum absolute atomic E-state index is 8.86. The Hall–Kier alpha value is -1.55. The molecule has 1 aromatic rings. The molecule has 0 aromatic carbocycles. The summed E-state index contributed by atoms with van der Waals surface area (Å²) < 4.78 is 0. The van der Waals surface area contributed by atoms with E-state index in [9.17, 15) is 0 Å². The van der Waals surface area contributed by atoms with Crippen LogP contribution in [0.25, 0.3) is 0 Å². The number of nitrogens with zero attached hydrogens (tertiary/aromatic N) is 2. The van der Waals surface area contributed by atoms with E-state index in [1.54, 1.807) is 24.4 Å². The lowest BCUT2D eigenvalue weighted by molar-refractivity contribution is 0.302. The number of aromatic nitrogens is 1. The summed E-state index contributed by atoms with van der Waals surface area (Å²) in [5, 5.41) is 8.86. The maximum atomic E-state index is 8.86. The molecular formula is C10H15N3O. The van der Waals surface area contributed by atoms with Crippen LogP contribution in [0.4, 0.5) is 11.5 Å². The van der Waals surface area contributed by atoms with Crippen molar-refractivity contribution in [3.63, 3.8) is 0 Å². The SMILES string of the molecule is C=CCN(CCO)c1cc(N)ccn1. The number of nitrogens with two attached hydrogens (primary N) is 1. The van der Waals surface area contributed by atoms with Gasteiger partial charge in [0, 0.05) is 31.0 Å². The first kappa shape index (κ1) is 10.5. The van der Waals surface area contributed by atoms with Crippen LogP contribution in [0.2, 0.25) is 0 Å². The fraction of sp³-hybridized carbons (Fsp3) is 0.300. The molecular weight excluding hydrogens is 178 g/mol. The fourth-order valence-corrected chi connectivity index (χ4v) is 1.18. The lowest BCUT2D eigenvalue weighted by Crippen LogP contribution is -2.27. The van der Waals surface area contributed by atoms with Gasteiger partial charge in [-0.2, -0.15) is 0 Å². The van der Waals surface area contributed by atoms with Crippen LogP contribution in [0.5, 0.6) is 0 Å². The molecule has 0 radical (unpaired) electrons. The Morgan fingerprint density at radius 2 is 2.43 bits per heavy atom. The van der Waals surface area contributed by atoms with E-state index in [-0.39, 0.29) is 6.61 Å². The number of pyridine rings is 1. The van der Waals surface area contributed by atoms with Crippen LogP contribution < -0.4 is 10.6 Å². The lowest BCUT2D eigenvalue weighted by Gasteiger charge is -2.20. The molecule has 4 nitrogen and oxygen atoms in total. The number of aliphatic hydroxyl groups is 1. The van der Waals surface area contributed by atoms with Crippen molar-refractivity contribution in [2.75, 3.05) is 30.3 Å². The molecule has 0 unspecified atom stereocenters. The third-order valence-electron chi connectivity index (χ3n) is 1.81. The molecule has 1 rings (SSSR count). The quantitative estimate of drug-likeness (QED) is 0.674. The Morgan fingerprint density at radius 1 is 1.64 bits per heavy atom. The third kappa shape index (κ3) is 2.74. The van der Waals surface area contributed by atoms with Crippen molar-refractivity contribution >= 4 is 11.5 Å². The first-order valence-corrected chi connectivity index (χ1v) is 4.46. The number of hydrogen-bond donors (Lipinski definition) is 2. The molecule has 76 valence electrons. The molecule has 14 heavy (non-hydrogen) atoms. The van der Waals surface area contributed by atoms with E-state index in [4.69, 9.17) is 10.8 Å². The van der Waals surface area contributed by atoms with E-state index in [1.807, 2.05) is 4.90 Å². The summed E-state index contributed by atoms with van der Waals surface area (Å²) in [6.07, 6.45) is 3.42. The van der Waals surface area contributed by atoms with Crippen molar-refractivity contribution in [3.8, 4) is 0 Å². The molecule has 0 spiro atoms. The van der Waals surface area contributed by atoms with Crippen LogP contribution in [0.3, 0.4) is 0 Å². The van der Waals surface area contributed by atoms with Crippen LogP contribution in [-0.2, 0) is 0 Å². The number of hydrogen-bond acceptors (Lipinski definition) is 4. The smallest absolute Gasteiger partial charge is 0.130 e. The maximum Gasteiger partial charge on any atom is 0.130 e. The number of aliphatic hydroxyl groups excluding tert-OH is 1. The van der Waals surface area contributed by atoms with Crippen LogP contribution in [0.1, 0.15) is 0 Å². The van der Waals surface area contributed by atoms with E-state index in [1.165, 1.54) is 0 Å². The average molecular weight is 193 g/mol. The third-order valence-corrected chi connectivity index (χ3v) is 1.81. The molecule has 0 aliphatic rings. The summed E-state index contributed by atoms with van der Waals surface area (Å²) in [7, 11) is 0. The molecule has 0 saturated heterocycles. The van der Waals surface area contributed by atoms with Crippen LogP contribution in [-0.4, -0.2) is 29.8 Å². The Bertz CT molecular complexity index is 301. The summed E-state index contributed by atoms with van der Waals surface area (Å²) in [4.78, 5) is 6.07. The second-order valence-electron chi connectivity index (χ2n) is 2.91. The van der Waals surface area contributed by atoms with Gasteiger partial charge < -0.3 is 15.7 Å². The van der Waals surface area contributed by atoms with Crippen molar-refractivity contribution in [3.05, 3.63) is 31.0 Å². The predicted molar refractivity (Wildman–Crippen MR) is 58.1 cm³/mol. The first-order chi connectivity index (χ1) is 6.77. The molecule has 0 bridgehead atoms. The molecule has 0 aliphatic carbocycles. The van der Waals surface area contributed by atoms with Crippen molar-refractivity contribution in [1.29, 1.82) is 0 Å². The minimum absolute atomic E-state index is 0.0876. The largest absolute Gasteiger partial charge is 0.399 e. The second-order valence-corrected chi connectivity index (χ2v) is 2.91. The van der Waals surface area contributed by atoms with E-state index in [0.717, 1.165) is 5.82 Å². The van der Waals surface area contributed by atoms with Crippen molar-refractivity contribution in [2.45, 2.75) is 0 Å². The predicted octanol–water partition coefficient (Wildman–Crippen LogP) is 0.649. The highest BCUT2D eigenvalue weighted by molar-refractivity contribution is 5.50. The number of nitrogen functional groups attached to an aromatic ring is 1. The highest BCUT2D eigenvalue weighted by atomic mass is 16.3. The molecule has 1 heterocycles. The Morgan fingerprint density at radius 3 is 3.00 bits per heavy atom. The zero-order valence-corrected chi connectivity index (χ0v) is 8.06. The van der Waals surface area contributed by atoms with Gasteiger partial charge in [-0.25, -0.2) is 4.98 Å². The molecule has 3 N–H and O–H groups in total. The standard InChI is InChI=1S/C10H15N3O/c1-2-5-13(6-7-14)10-8-9(11)3-4-12-10/h2-4,8,14H,1,5-7H2,(H2,11,12). The highest BCUT2D eigenvalue weighted by Gasteiger charge is 2.04. The minimum atomic E-state index is 0.0876. The van der Waals surface area contributed by atoms with Gasteiger partial charge in [-0.3, -0.25) is 0 Å². The van der Waals surface area contributed by atoms with Crippen LogP contribution in [0, 0.1) is 0 Å². The summed E-state index contributed by atoms with van der Waals surface area (Å²) in [5.41, 5.74) is 6.30. The average Bonchev–Trinajstić information content (AvgIpc) is 2.17. The van der Waals surface area contributed by atoms with E-state index >= 15 is 0 Å². The van der Waals surface area contributed by atoms with Crippen molar-refractivity contribution in [1.82, 2.24) is 4.98 Å². The van der Waals surface area contributed by atoms with Crippen molar-refractivity contribution < 1.29 is 5.11 Å². The van der Waals surface area contributed by atoms with E-state index in [2.05, 4.69) is 11.6 Å². The first-order valence-electron chi connectivity index (χ1n) is 4.46. The zero-order chi connectivity index (χ0) is 10.4. The Balaban J connectivity index is 2.80. The van der Waals surface area contributed by atoms with Gasteiger partial charge in [0.25, 0.3) is 0 Å². The number of anilines is 2.